The second-order valence-corrected chi connectivity index (χ2v) is 4.48. The van der Waals surface area contributed by atoms with Gasteiger partial charge in [-0.25, -0.2) is 4.58 Å². The van der Waals surface area contributed by atoms with E-state index < -0.39 is 0 Å². The molecule has 2 aliphatic rings. The van der Waals surface area contributed by atoms with Gasteiger partial charge in [0.1, 0.15) is 13.1 Å². The summed E-state index contributed by atoms with van der Waals surface area (Å²) in [5.41, 5.74) is 4.67. The second kappa shape index (κ2) is 4.24. The average Bonchev–Trinajstić information content (AvgIpc) is 2.66. The molecule has 2 aliphatic heterocycles. The molecule has 15 heavy (non-hydrogen) atoms. The predicted molar refractivity (Wildman–Crippen MR) is 58.2 cm³/mol. The Morgan fingerprint density at radius 2 is 2.07 bits per heavy atom. The number of halogens is 1. The summed E-state index contributed by atoms with van der Waals surface area (Å²) in [4.78, 5) is 0. The van der Waals surface area contributed by atoms with E-state index in [0.29, 0.717) is 5.92 Å². The largest absolute Gasteiger partial charge is 1.00 e. The molecule has 3 rings (SSSR count). The first-order valence-corrected chi connectivity index (χ1v) is 5.56. The molecule has 0 spiro atoms. The Morgan fingerprint density at radius 3 is 2.93 bits per heavy atom. The maximum absolute atomic E-state index is 2.58. The van der Waals surface area contributed by atoms with Gasteiger partial charge in [-0.1, -0.05) is 25.1 Å². The van der Waals surface area contributed by atoms with Crippen molar-refractivity contribution in [1.29, 1.82) is 0 Å². The van der Waals surface area contributed by atoms with Crippen LogP contribution in [-0.2, 0) is 0 Å². The fraction of sp³-hybridized carbons (Fsp3) is 0.462. The fourth-order valence-electron chi connectivity index (χ4n) is 2.86. The highest BCUT2D eigenvalue weighted by molar-refractivity contribution is 5.99. The summed E-state index contributed by atoms with van der Waals surface area (Å²) < 4.78 is 2.58. The van der Waals surface area contributed by atoms with E-state index in [9.17, 15) is 0 Å². The lowest BCUT2D eigenvalue weighted by Crippen LogP contribution is -3.00. The molecule has 1 aromatic rings. The van der Waals surface area contributed by atoms with Crippen LogP contribution in [0.1, 0.15) is 36.8 Å². The van der Waals surface area contributed by atoms with Crippen LogP contribution in [-0.4, -0.2) is 23.4 Å². The lowest BCUT2D eigenvalue weighted by atomic mass is 9.90. The minimum atomic E-state index is 0. The van der Waals surface area contributed by atoms with Gasteiger partial charge in [-0.3, -0.25) is 0 Å². The van der Waals surface area contributed by atoms with Crippen molar-refractivity contribution in [1.82, 2.24) is 0 Å². The summed E-state index contributed by atoms with van der Waals surface area (Å²) in [5, 5.41) is 0. The summed E-state index contributed by atoms with van der Waals surface area (Å²) in [6, 6.07) is 8.92. The van der Waals surface area contributed by atoms with E-state index >= 15 is 0 Å². The molecule has 1 nitrogen and oxygen atoms in total. The molecule has 1 aromatic carbocycles. The summed E-state index contributed by atoms with van der Waals surface area (Å²) in [5.74, 6) is 0.702. The third-order valence-corrected chi connectivity index (χ3v) is 3.52. The third-order valence-electron chi connectivity index (χ3n) is 3.52. The van der Waals surface area contributed by atoms with Gasteiger partial charge < -0.3 is 24.0 Å². The van der Waals surface area contributed by atoms with Crippen LogP contribution in [0.15, 0.2) is 24.3 Å². The van der Waals surface area contributed by atoms with Crippen molar-refractivity contribution in [2.75, 3.05) is 13.1 Å². The quantitative estimate of drug-likeness (QED) is 0.445. The van der Waals surface area contributed by atoms with Gasteiger partial charge in [0.05, 0.1) is 0 Å². The Hall–Kier alpha value is -0.380. The Labute approximate surface area is 108 Å². The molecule has 2 heterocycles. The van der Waals surface area contributed by atoms with Crippen LogP contribution in [0.3, 0.4) is 0 Å². The molecule has 0 amide bonds. The number of rotatable bonds is 0. The second-order valence-electron chi connectivity index (χ2n) is 4.48. The standard InChI is InChI=1S/C13H16N.HI/c1-10-9-14-8-4-7-13(14)12-6-3-2-5-11(10)12;/h2-3,5-6,10H,4,7-9H2,1H3;1H/q+1;/p-1. The van der Waals surface area contributed by atoms with Crippen molar-refractivity contribution in [2.24, 2.45) is 0 Å². The Balaban J connectivity index is 0.000000853. The van der Waals surface area contributed by atoms with Crippen LogP contribution in [0.4, 0.5) is 0 Å². The molecule has 0 saturated heterocycles. The molecule has 0 aromatic heterocycles. The molecular weight excluding hydrogens is 297 g/mol. The maximum atomic E-state index is 2.58. The summed E-state index contributed by atoms with van der Waals surface area (Å²) in [6.45, 7) is 4.84. The van der Waals surface area contributed by atoms with E-state index in [-0.39, 0.29) is 24.0 Å². The summed E-state index contributed by atoms with van der Waals surface area (Å²) in [7, 11) is 0. The molecule has 2 heteroatoms. The normalized spacial score (nSPS) is 23.1. The zero-order chi connectivity index (χ0) is 9.54. The maximum Gasteiger partial charge on any atom is 0.183 e. The minimum absolute atomic E-state index is 0. The van der Waals surface area contributed by atoms with Crippen LogP contribution < -0.4 is 24.0 Å². The first kappa shape index (κ1) is 11.1. The Kier molecular flexibility index (Phi) is 3.14. The summed E-state index contributed by atoms with van der Waals surface area (Å²) >= 11 is 0. The van der Waals surface area contributed by atoms with Gasteiger partial charge in [0, 0.05) is 24.3 Å². The number of hydrogen-bond donors (Lipinski definition) is 0. The Bertz CT molecular complexity index is 409. The van der Waals surface area contributed by atoms with Crippen molar-refractivity contribution < 1.29 is 28.6 Å². The Morgan fingerprint density at radius 1 is 1.27 bits per heavy atom. The van der Waals surface area contributed by atoms with Crippen LogP contribution in [0.2, 0.25) is 0 Å². The smallest absolute Gasteiger partial charge is 0.183 e. The third kappa shape index (κ3) is 1.73. The monoisotopic (exact) mass is 313 g/mol. The van der Waals surface area contributed by atoms with E-state index in [2.05, 4.69) is 35.8 Å². The van der Waals surface area contributed by atoms with Gasteiger partial charge in [-0.15, -0.1) is 0 Å². The SMILES string of the molecule is CC1C[N+]2=C(CCC2)c2ccccc21.[I-]. The highest BCUT2D eigenvalue weighted by Gasteiger charge is 2.32. The van der Waals surface area contributed by atoms with Crippen molar-refractivity contribution in [3.8, 4) is 0 Å². The van der Waals surface area contributed by atoms with Gasteiger partial charge >= 0.3 is 0 Å². The molecule has 1 atom stereocenters. The fourth-order valence-corrected chi connectivity index (χ4v) is 2.86. The molecule has 0 saturated carbocycles. The molecule has 0 radical (unpaired) electrons. The van der Waals surface area contributed by atoms with Crippen molar-refractivity contribution in [2.45, 2.75) is 25.7 Å². The molecule has 1 unspecified atom stereocenters. The van der Waals surface area contributed by atoms with Crippen LogP contribution in [0.25, 0.3) is 0 Å². The van der Waals surface area contributed by atoms with E-state index in [1.54, 1.807) is 11.3 Å². The van der Waals surface area contributed by atoms with E-state index in [4.69, 9.17) is 0 Å². The molecule has 0 aliphatic carbocycles. The van der Waals surface area contributed by atoms with Crippen molar-refractivity contribution in [3.63, 3.8) is 0 Å². The number of nitrogens with zero attached hydrogens (tertiary/aromatic N) is 1. The molecule has 80 valence electrons. The van der Waals surface area contributed by atoms with E-state index in [1.165, 1.54) is 31.5 Å². The number of benzene rings is 1. The van der Waals surface area contributed by atoms with Crippen LogP contribution in [0.5, 0.6) is 0 Å². The first-order valence-electron chi connectivity index (χ1n) is 5.56. The highest BCUT2D eigenvalue weighted by Crippen LogP contribution is 2.28. The average molecular weight is 313 g/mol. The molecule has 0 fully saturated rings. The zero-order valence-corrected chi connectivity index (χ0v) is 11.2. The van der Waals surface area contributed by atoms with Crippen molar-refractivity contribution >= 4 is 5.71 Å². The zero-order valence-electron chi connectivity index (χ0n) is 9.04. The van der Waals surface area contributed by atoms with Crippen LogP contribution >= 0.6 is 0 Å². The lowest BCUT2D eigenvalue weighted by Gasteiger charge is -2.19. The van der Waals surface area contributed by atoms with Gasteiger partial charge in [0.2, 0.25) is 0 Å². The van der Waals surface area contributed by atoms with E-state index in [1.807, 2.05) is 0 Å². The highest BCUT2D eigenvalue weighted by atomic mass is 127. The van der Waals surface area contributed by atoms with Gasteiger partial charge in [-0.2, -0.15) is 0 Å². The topological polar surface area (TPSA) is 3.01 Å². The van der Waals surface area contributed by atoms with E-state index in [0.717, 1.165) is 0 Å². The lowest BCUT2D eigenvalue weighted by molar-refractivity contribution is -0.523. The van der Waals surface area contributed by atoms with Crippen LogP contribution in [0, 0.1) is 0 Å². The van der Waals surface area contributed by atoms with Crippen molar-refractivity contribution in [3.05, 3.63) is 35.4 Å². The number of hydrogen-bond acceptors (Lipinski definition) is 0. The summed E-state index contributed by atoms with van der Waals surface area (Å²) in [6.07, 6.45) is 2.63. The predicted octanol–water partition coefficient (Wildman–Crippen LogP) is -0.597. The minimum Gasteiger partial charge on any atom is -1.00 e. The molecule has 0 bridgehead atoms. The van der Waals surface area contributed by atoms with Gasteiger partial charge in [-0.05, 0) is 11.6 Å². The van der Waals surface area contributed by atoms with Gasteiger partial charge in [0.25, 0.3) is 0 Å². The molecular formula is C13H16IN. The first-order chi connectivity index (χ1) is 6.86. The van der Waals surface area contributed by atoms with Gasteiger partial charge in [0.15, 0.2) is 5.71 Å². The molecule has 0 N–H and O–H groups in total. The number of fused-ring (bicyclic) bond motifs is 2.